The molecule has 58 valence electrons. The van der Waals surface area contributed by atoms with E-state index in [9.17, 15) is 0 Å². The Labute approximate surface area is 66.7 Å². The Hall–Kier alpha value is -0.890. The first kappa shape index (κ1) is 6.80. The van der Waals surface area contributed by atoms with Gasteiger partial charge in [0, 0.05) is 24.7 Å². The summed E-state index contributed by atoms with van der Waals surface area (Å²) < 4.78 is 0. The minimum Gasteiger partial charge on any atom is -0.308 e. The van der Waals surface area contributed by atoms with Gasteiger partial charge >= 0.3 is 0 Å². The Morgan fingerprint density at radius 2 is 2.18 bits per heavy atom. The first-order valence-electron chi connectivity index (χ1n) is 4.05. The summed E-state index contributed by atoms with van der Waals surface area (Å²) in [5, 5.41) is 3.42. The zero-order valence-electron chi connectivity index (χ0n) is 6.40. The standard InChI is InChI=1S/C9H12N2/c1-2-4-9-8(3-1)7-10-5-6-11-9/h1-4,7-9,11H,5-6H2. The van der Waals surface area contributed by atoms with Crippen molar-refractivity contribution >= 4 is 6.21 Å². The van der Waals surface area contributed by atoms with Gasteiger partial charge in [0.05, 0.1) is 6.54 Å². The summed E-state index contributed by atoms with van der Waals surface area (Å²) in [7, 11) is 0. The molecule has 0 radical (unpaired) electrons. The number of aliphatic imine (C=N–C) groups is 1. The quantitative estimate of drug-likeness (QED) is 0.539. The van der Waals surface area contributed by atoms with Crippen LogP contribution in [0.15, 0.2) is 29.3 Å². The molecule has 0 bridgehead atoms. The van der Waals surface area contributed by atoms with Crippen LogP contribution in [-0.4, -0.2) is 25.3 Å². The second-order valence-corrected chi connectivity index (χ2v) is 2.88. The minimum absolute atomic E-state index is 0.475. The highest BCUT2D eigenvalue weighted by atomic mass is 15.0. The van der Waals surface area contributed by atoms with Crippen LogP contribution in [0.2, 0.25) is 0 Å². The maximum atomic E-state index is 4.28. The second-order valence-electron chi connectivity index (χ2n) is 2.88. The number of nitrogens with one attached hydrogen (secondary N) is 1. The third-order valence-corrected chi connectivity index (χ3v) is 2.08. The second kappa shape index (κ2) is 3.01. The Morgan fingerprint density at radius 3 is 3.18 bits per heavy atom. The highest BCUT2D eigenvalue weighted by Gasteiger charge is 2.16. The molecule has 0 amide bonds. The fraction of sp³-hybridized carbons (Fsp3) is 0.444. The third-order valence-electron chi connectivity index (χ3n) is 2.08. The lowest BCUT2D eigenvalue weighted by atomic mass is 9.97. The van der Waals surface area contributed by atoms with Gasteiger partial charge in [0.2, 0.25) is 0 Å². The van der Waals surface area contributed by atoms with Gasteiger partial charge in [-0.25, -0.2) is 0 Å². The fourth-order valence-electron chi connectivity index (χ4n) is 1.46. The van der Waals surface area contributed by atoms with Gasteiger partial charge < -0.3 is 5.32 Å². The van der Waals surface area contributed by atoms with Gasteiger partial charge in [-0.3, -0.25) is 4.99 Å². The molecule has 0 spiro atoms. The Bertz CT molecular complexity index is 216. The zero-order chi connectivity index (χ0) is 7.52. The molecule has 11 heavy (non-hydrogen) atoms. The van der Waals surface area contributed by atoms with E-state index in [-0.39, 0.29) is 0 Å². The van der Waals surface area contributed by atoms with Crippen molar-refractivity contribution in [3.8, 4) is 0 Å². The predicted molar refractivity (Wildman–Crippen MR) is 46.9 cm³/mol. The van der Waals surface area contributed by atoms with Crippen LogP contribution in [0, 0.1) is 5.92 Å². The molecule has 1 aliphatic carbocycles. The normalized spacial score (nSPS) is 34.9. The lowest BCUT2D eigenvalue weighted by Crippen LogP contribution is -2.34. The van der Waals surface area contributed by atoms with E-state index in [1.54, 1.807) is 0 Å². The third kappa shape index (κ3) is 1.40. The summed E-state index contributed by atoms with van der Waals surface area (Å²) in [6.07, 6.45) is 10.6. The molecule has 0 fully saturated rings. The van der Waals surface area contributed by atoms with Crippen molar-refractivity contribution in [3.63, 3.8) is 0 Å². The predicted octanol–water partition coefficient (Wildman–Crippen LogP) is 0.771. The fourth-order valence-corrected chi connectivity index (χ4v) is 1.46. The molecule has 2 atom stereocenters. The molecule has 1 aliphatic heterocycles. The van der Waals surface area contributed by atoms with E-state index in [0.717, 1.165) is 13.1 Å². The van der Waals surface area contributed by atoms with E-state index in [1.165, 1.54) is 0 Å². The van der Waals surface area contributed by atoms with Crippen LogP contribution in [0.1, 0.15) is 0 Å². The number of fused-ring (bicyclic) bond motifs is 1. The van der Waals surface area contributed by atoms with E-state index in [2.05, 4.69) is 34.6 Å². The molecule has 2 rings (SSSR count). The average molecular weight is 148 g/mol. The van der Waals surface area contributed by atoms with Crippen molar-refractivity contribution in [3.05, 3.63) is 24.3 Å². The molecule has 0 aromatic heterocycles. The van der Waals surface area contributed by atoms with Crippen LogP contribution in [0.5, 0.6) is 0 Å². The van der Waals surface area contributed by atoms with Gasteiger partial charge in [0.1, 0.15) is 0 Å². The maximum absolute atomic E-state index is 4.28. The van der Waals surface area contributed by atoms with E-state index >= 15 is 0 Å². The lowest BCUT2D eigenvalue weighted by molar-refractivity contribution is 0.572. The van der Waals surface area contributed by atoms with Gasteiger partial charge in [-0.1, -0.05) is 24.3 Å². The van der Waals surface area contributed by atoms with Crippen LogP contribution in [-0.2, 0) is 0 Å². The van der Waals surface area contributed by atoms with Crippen LogP contribution < -0.4 is 5.32 Å². The molecule has 2 nitrogen and oxygen atoms in total. The molecule has 2 unspecified atom stereocenters. The molecule has 2 heteroatoms. The Morgan fingerprint density at radius 1 is 1.27 bits per heavy atom. The number of rotatable bonds is 0. The zero-order valence-corrected chi connectivity index (χ0v) is 6.40. The average Bonchev–Trinajstić information content (AvgIpc) is 2.28. The molecule has 1 heterocycles. The Balaban J connectivity index is 2.16. The smallest absolute Gasteiger partial charge is 0.0510 e. The van der Waals surface area contributed by atoms with Crippen molar-refractivity contribution in [2.45, 2.75) is 6.04 Å². The summed E-state index contributed by atoms with van der Waals surface area (Å²) in [6, 6.07) is 0.478. The molecule has 0 saturated carbocycles. The molecule has 2 aliphatic rings. The monoisotopic (exact) mass is 148 g/mol. The first-order chi connectivity index (χ1) is 5.47. The van der Waals surface area contributed by atoms with Crippen molar-refractivity contribution in [1.82, 2.24) is 5.32 Å². The molecule has 0 aromatic carbocycles. The topological polar surface area (TPSA) is 24.4 Å². The first-order valence-corrected chi connectivity index (χ1v) is 4.05. The lowest BCUT2D eigenvalue weighted by Gasteiger charge is -2.19. The summed E-state index contributed by atoms with van der Waals surface area (Å²) in [5.74, 6) is 0.475. The summed E-state index contributed by atoms with van der Waals surface area (Å²) in [4.78, 5) is 4.28. The van der Waals surface area contributed by atoms with Crippen LogP contribution >= 0.6 is 0 Å². The van der Waals surface area contributed by atoms with Gasteiger partial charge in [0.25, 0.3) is 0 Å². The molecule has 1 N–H and O–H groups in total. The number of hydrogen-bond donors (Lipinski definition) is 1. The van der Waals surface area contributed by atoms with Crippen LogP contribution in [0.25, 0.3) is 0 Å². The molecular weight excluding hydrogens is 136 g/mol. The van der Waals surface area contributed by atoms with E-state index in [4.69, 9.17) is 0 Å². The van der Waals surface area contributed by atoms with Crippen molar-refractivity contribution < 1.29 is 0 Å². The molecular formula is C9H12N2. The highest BCUT2D eigenvalue weighted by Crippen LogP contribution is 2.11. The van der Waals surface area contributed by atoms with Crippen molar-refractivity contribution in [2.24, 2.45) is 10.9 Å². The van der Waals surface area contributed by atoms with Crippen molar-refractivity contribution in [1.29, 1.82) is 0 Å². The van der Waals surface area contributed by atoms with E-state index in [1.807, 2.05) is 6.21 Å². The van der Waals surface area contributed by atoms with Crippen molar-refractivity contribution in [2.75, 3.05) is 13.1 Å². The summed E-state index contributed by atoms with van der Waals surface area (Å²) >= 11 is 0. The van der Waals surface area contributed by atoms with Gasteiger partial charge in [-0.15, -0.1) is 0 Å². The highest BCUT2D eigenvalue weighted by molar-refractivity contribution is 5.66. The largest absolute Gasteiger partial charge is 0.308 e. The van der Waals surface area contributed by atoms with E-state index in [0.29, 0.717) is 12.0 Å². The number of allylic oxidation sites excluding steroid dienone is 2. The van der Waals surface area contributed by atoms with Gasteiger partial charge in [0.15, 0.2) is 0 Å². The van der Waals surface area contributed by atoms with Gasteiger partial charge in [-0.2, -0.15) is 0 Å². The van der Waals surface area contributed by atoms with E-state index < -0.39 is 0 Å². The SMILES string of the molecule is C1=CC2C=NCCNC2C=C1. The summed E-state index contributed by atoms with van der Waals surface area (Å²) in [5.41, 5.74) is 0. The van der Waals surface area contributed by atoms with Crippen LogP contribution in [0.4, 0.5) is 0 Å². The summed E-state index contributed by atoms with van der Waals surface area (Å²) in [6.45, 7) is 1.91. The number of nitrogens with zero attached hydrogens (tertiary/aromatic N) is 1. The molecule has 0 aromatic rings. The minimum atomic E-state index is 0.475. The Kier molecular flexibility index (Phi) is 1.86. The maximum Gasteiger partial charge on any atom is 0.0510 e. The van der Waals surface area contributed by atoms with Gasteiger partial charge in [-0.05, 0) is 0 Å². The van der Waals surface area contributed by atoms with Crippen LogP contribution in [0.3, 0.4) is 0 Å². The number of hydrogen-bond acceptors (Lipinski definition) is 2. The molecule has 0 saturated heterocycles.